The predicted molar refractivity (Wildman–Crippen MR) is 155 cm³/mol. The first-order valence-corrected chi connectivity index (χ1v) is 16.0. The van der Waals surface area contributed by atoms with Crippen molar-refractivity contribution in [2.75, 3.05) is 0 Å². The Morgan fingerprint density at radius 3 is 0.972 bits per heavy atom. The van der Waals surface area contributed by atoms with Crippen molar-refractivity contribution in [2.24, 2.45) is 5.73 Å². The zero-order chi connectivity index (χ0) is 26.7. The number of nitrogens with two attached hydrogens (primary N) is 1. The van der Waals surface area contributed by atoms with E-state index in [1.807, 2.05) is 0 Å². The Morgan fingerprint density at radius 1 is 0.500 bits per heavy atom. The van der Waals surface area contributed by atoms with Crippen molar-refractivity contribution in [1.82, 2.24) is 0 Å². The number of hydrogen-bond acceptors (Lipinski definition) is 3. The highest BCUT2D eigenvalue weighted by Crippen LogP contribution is 2.28. The molecule has 36 heavy (non-hydrogen) atoms. The molecule has 214 valence electrons. The Balaban J connectivity index is 3.92. The minimum Gasteiger partial charge on any atom is -0.449 e. The van der Waals surface area contributed by atoms with Crippen molar-refractivity contribution in [2.45, 2.75) is 193 Å². The SMILES string of the molecule is CCCCCCCCCCCCCCCCCCC(CCCCCCCCCC)(OC(C)=O)C(N)=O. The molecule has 1 atom stereocenters. The number of unbranched alkanes of at least 4 members (excludes halogenated alkanes) is 22. The van der Waals surface area contributed by atoms with Crippen LogP contribution in [-0.4, -0.2) is 17.5 Å². The monoisotopic (exact) mass is 509 g/mol. The normalized spacial score (nSPS) is 13.0. The third-order valence-corrected chi connectivity index (χ3v) is 7.66. The fraction of sp³-hybridized carbons (Fsp3) is 0.938. The smallest absolute Gasteiger partial charge is 0.303 e. The molecule has 1 amide bonds. The van der Waals surface area contributed by atoms with Gasteiger partial charge in [0.05, 0.1) is 0 Å². The molecule has 0 heterocycles. The minimum atomic E-state index is -1.11. The van der Waals surface area contributed by atoms with E-state index in [0.29, 0.717) is 12.8 Å². The second-order valence-corrected chi connectivity index (χ2v) is 11.2. The van der Waals surface area contributed by atoms with Crippen molar-refractivity contribution in [3.8, 4) is 0 Å². The molecule has 0 bridgehead atoms. The van der Waals surface area contributed by atoms with Crippen LogP contribution in [-0.2, 0) is 14.3 Å². The van der Waals surface area contributed by atoms with Crippen LogP contribution in [0.5, 0.6) is 0 Å². The van der Waals surface area contributed by atoms with E-state index in [2.05, 4.69) is 13.8 Å². The lowest BCUT2D eigenvalue weighted by molar-refractivity contribution is -0.167. The van der Waals surface area contributed by atoms with Crippen LogP contribution in [0, 0.1) is 0 Å². The van der Waals surface area contributed by atoms with Gasteiger partial charge in [-0.25, -0.2) is 0 Å². The summed E-state index contributed by atoms with van der Waals surface area (Å²) < 4.78 is 5.57. The lowest BCUT2D eigenvalue weighted by Gasteiger charge is -2.30. The van der Waals surface area contributed by atoms with Gasteiger partial charge in [-0.05, 0) is 25.7 Å². The Bertz CT molecular complexity index is 508. The first-order chi connectivity index (χ1) is 17.5. The maximum atomic E-state index is 12.3. The van der Waals surface area contributed by atoms with E-state index in [4.69, 9.17) is 10.5 Å². The molecule has 0 radical (unpaired) electrons. The van der Waals surface area contributed by atoms with Gasteiger partial charge in [-0.15, -0.1) is 0 Å². The number of carbonyl (C=O) groups excluding carboxylic acids is 2. The number of carbonyl (C=O) groups is 2. The van der Waals surface area contributed by atoms with E-state index in [1.54, 1.807) is 0 Å². The van der Waals surface area contributed by atoms with E-state index in [-0.39, 0.29) is 0 Å². The van der Waals surface area contributed by atoms with Crippen LogP contribution in [0.2, 0.25) is 0 Å². The van der Waals surface area contributed by atoms with Crippen molar-refractivity contribution in [3.63, 3.8) is 0 Å². The molecule has 0 saturated carbocycles. The van der Waals surface area contributed by atoms with Crippen molar-refractivity contribution < 1.29 is 14.3 Å². The summed E-state index contributed by atoms with van der Waals surface area (Å²) in [6.07, 6.45) is 31.8. The van der Waals surface area contributed by atoms with Crippen molar-refractivity contribution in [3.05, 3.63) is 0 Å². The lowest BCUT2D eigenvalue weighted by atomic mass is 9.88. The van der Waals surface area contributed by atoms with Crippen LogP contribution in [0.3, 0.4) is 0 Å². The zero-order valence-corrected chi connectivity index (χ0v) is 24.7. The largest absolute Gasteiger partial charge is 0.449 e. The Hall–Kier alpha value is -1.06. The summed E-state index contributed by atoms with van der Waals surface area (Å²) in [5.74, 6) is -0.869. The van der Waals surface area contributed by atoms with E-state index < -0.39 is 17.5 Å². The summed E-state index contributed by atoms with van der Waals surface area (Å²) in [5.41, 5.74) is 4.66. The molecule has 1 unspecified atom stereocenters. The van der Waals surface area contributed by atoms with E-state index in [1.165, 1.54) is 135 Å². The Kier molecular flexibility index (Phi) is 24.8. The molecule has 2 N–H and O–H groups in total. The van der Waals surface area contributed by atoms with Crippen LogP contribution in [0.15, 0.2) is 0 Å². The molecule has 0 aromatic heterocycles. The maximum absolute atomic E-state index is 12.3. The summed E-state index contributed by atoms with van der Waals surface area (Å²) >= 11 is 0. The van der Waals surface area contributed by atoms with Crippen LogP contribution < -0.4 is 5.73 Å². The molecule has 0 aliphatic heterocycles. The van der Waals surface area contributed by atoms with E-state index >= 15 is 0 Å². The fourth-order valence-electron chi connectivity index (χ4n) is 5.30. The number of rotatable bonds is 28. The summed E-state index contributed by atoms with van der Waals surface area (Å²) in [4.78, 5) is 24.1. The van der Waals surface area contributed by atoms with E-state index in [9.17, 15) is 9.59 Å². The second-order valence-electron chi connectivity index (χ2n) is 11.2. The number of ether oxygens (including phenoxy) is 1. The fourth-order valence-corrected chi connectivity index (χ4v) is 5.30. The highest BCUT2D eigenvalue weighted by molar-refractivity contribution is 5.86. The quantitative estimate of drug-likeness (QED) is 0.0842. The van der Waals surface area contributed by atoms with Gasteiger partial charge in [-0.3, -0.25) is 9.59 Å². The van der Waals surface area contributed by atoms with Gasteiger partial charge in [-0.2, -0.15) is 0 Å². The van der Waals surface area contributed by atoms with Crippen LogP contribution in [0.4, 0.5) is 0 Å². The average molecular weight is 510 g/mol. The van der Waals surface area contributed by atoms with Gasteiger partial charge < -0.3 is 10.5 Å². The van der Waals surface area contributed by atoms with Gasteiger partial charge in [0, 0.05) is 6.92 Å². The van der Waals surface area contributed by atoms with Gasteiger partial charge in [0.2, 0.25) is 0 Å². The molecular formula is C32H63NO3. The number of esters is 1. The minimum absolute atomic E-state index is 0.398. The predicted octanol–water partition coefficient (Wildman–Crippen LogP) is 9.96. The molecule has 0 aliphatic carbocycles. The summed E-state index contributed by atoms with van der Waals surface area (Å²) in [6.45, 7) is 5.90. The van der Waals surface area contributed by atoms with Crippen molar-refractivity contribution in [1.29, 1.82) is 0 Å². The van der Waals surface area contributed by atoms with Gasteiger partial charge >= 0.3 is 5.97 Å². The molecule has 4 heteroatoms. The first-order valence-electron chi connectivity index (χ1n) is 16.0. The summed E-state index contributed by atoms with van der Waals surface area (Å²) in [6, 6.07) is 0. The number of primary amides is 1. The van der Waals surface area contributed by atoms with Crippen LogP contribution in [0.25, 0.3) is 0 Å². The Morgan fingerprint density at radius 2 is 0.750 bits per heavy atom. The van der Waals surface area contributed by atoms with Gasteiger partial charge in [0.1, 0.15) is 0 Å². The van der Waals surface area contributed by atoms with Crippen LogP contribution in [0.1, 0.15) is 188 Å². The highest BCUT2D eigenvalue weighted by Gasteiger charge is 2.38. The third-order valence-electron chi connectivity index (χ3n) is 7.66. The Labute approximate surface area is 225 Å². The molecule has 4 nitrogen and oxygen atoms in total. The van der Waals surface area contributed by atoms with Crippen LogP contribution >= 0.6 is 0 Å². The van der Waals surface area contributed by atoms with Gasteiger partial charge in [-0.1, -0.05) is 155 Å². The zero-order valence-electron chi connectivity index (χ0n) is 24.7. The number of hydrogen-bond donors (Lipinski definition) is 1. The maximum Gasteiger partial charge on any atom is 0.303 e. The summed E-state index contributed by atoms with van der Waals surface area (Å²) in [5, 5.41) is 0. The highest BCUT2D eigenvalue weighted by atomic mass is 16.6. The molecule has 0 rings (SSSR count). The molecule has 0 saturated heterocycles. The third kappa shape index (κ3) is 21.1. The summed E-state index contributed by atoms with van der Waals surface area (Å²) in [7, 11) is 0. The molecule has 0 aromatic rings. The number of amides is 1. The van der Waals surface area contributed by atoms with Gasteiger partial charge in [0.15, 0.2) is 5.60 Å². The van der Waals surface area contributed by atoms with E-state index in [0.717, 1.165) is 25.7 Å². The molecular weight excluding hydrogens is 446 g/mol. The van der Waals surface area contributed by atoms with Gasteiger partial charge in [0.25, 0.3) is 5.91 Å². The average Bonchev–Trinajstić information content (AvgIpc) is 2.84. The molecule has 0 aromatic carbocycles. The molecule has 0 aliphatic rings. The molecule has 0 spiro atoms. The topological polar surface area (TPSA) is 69.4 Å². The lowest BCUT2D eigenvalue weighted by Crippen LogP contribution is -2.47. The van der Waals surface area contributed by atoms with Crippen molar-refractivity contribution >= 4 is 11.9 Å². The standard InChI is InChI=1S/C32H63NO3/c1-4-6-8-10-12-14-15-16-17-18-19-20-21-23-25-27-29-32(31(33)35,36-30(3)34)28-26-24-22-13-11-9-7-5-2/h4-29H2,1-3H3,(H2,33,35). The second kappa shape index (κ2) is 25.6. The molecule has 0 fully saturated rings. The first kappa shape index (κ1) is 34.9.